The predicted octanol–water partition coefficient (Wildman–Crippen LogP) is 1.05. The third-order valence-corrected chi connectivity index (χ3v) is 3.01. The highest BCUT2D eigenvalue weighted by molar-refractivity contribution is 5.97. The van der Waals surface area contributed by atoms with E-state index in [4.69, 9.17) is 5.73 Å². The molecule has 1 aliphatic heterocycles. The lowest BCUT2D eigenvalue weighted by molar-refractivity contribution is -0.121. The second kappa shape index (κ2) is 4.72. The fourth-order valence-electron chi connectivity index (χ4n) is 2.10. The number of likely N-dealkylation sites (tertiary alicyclic amines) is 1. The number of carbonyl (C=O) groups excluding carboxylic acids is 2. The van der Waals surface area contributed by atoms with Crippen LogP contribution in [-0.2, 0) is 4.79 Å². The first-order chi connectivity index (χ1) is 8.50. The van der Waals surface area contributed by atoms with Gasteiger partial charge in [0.15, 0.2) is 11.6 Å². The zero-order valence-electron chi connectivity index (χ0n) is 9.53. The highest BCUT2D eigenvalue weighted by Gasteiger charge is 2.33. The van der Waals surface area contributed by atoms with Crippen molar-refractivity contribution in [3.8, 4) is 0 Å². The van der Waals surface area contributed by atoms with Crippen molar-refractivity contribution in [1.82, 2.24) is 4.90 Å². The first-order valence-electron chi connectivity index (χ1n) is 5.56. The van der Waals surface area contributed by atoms with Gasteiger partial charge in [0.2, 0.25) is 5.91 Å². The highest BCUT2D eigenvalue weighted by atomic mass is 19.2. The number of primary amides is 1. The van der Waals surface area contributed by atoms with Gasteiger partial charge in [-0.1, -0.05) is 0 Å². The molecule has 0 radical (unpaired) electrons. The molecule has 2 N–H and O–H groups in total. The first-order valence-corrected chi connectivity index (χ1v) is 5.56. The van der Waals surface area contributed by atoms with Crippen LogP contribution >= 0.6 is 0 Å². The van der Waals surface area contributed by atoms with Crippen LogP contribution in [0, 0.1) is 11.6 Å². The molecule has 1 aromatic carbocycles. The molecule has 1 unspecified atom stereocenters. The summed E-state index contributed by atoms with van der Waals surface area (Å²) in [6, 6.07) is 2.24. The number of amides is 2. The molecule has 1 atom stereocenters. The second-order valence-corrected chi connectivity index (χ2v) is 4.19. The Bertz CT molecular complexity index is 505. The van der Waals surface area contributed by atoms with E-state index in [1.807, 2.05) is 0 Å². The quantitative estimate of drug-likeness (QED) is 0.857. The van der Waals surface area contributed by atoms with Crippen LogP contribution in [0.15, 0.2) is 18.2 Å². The number of benzene rings is 1. The van der Waals surface area contributed by atoms with Gasteiger partial charge in [0.1, 0.15) is 6.04 Å². The minimum Gasteiger partial charge on any atom is -0.368 e. The van der Waals surface area contributed by atoms with E-state index in [-0.39, 0.29) is 5.56 Å². The molecule has 0 saturated carbocycles. The Morgan fingerprint density at radius 3 is 2.61 bits per heavy atom. The second-order valence-electron chi connectivity index (χ2n) is 4.19. The van der Waals surface area contributed by atoms with Gasteiger partial charge >= 0.3 is 0 Å². The van der Waals surface area contributed by atoms with E-state index in [1.54, 1.807) is 0 Å². The largest absolute Gasteiger partial charge is 0.368 e. The standard InChI is InChI=1S/C12H12F2N2O2/c13-8-4-3-7(6-9(8)14)12(18)16-5-1-2-10(16)11(15)17/h3-4,6,10H,1-2,5H2,(H2,15,17). The van der Waals surface area contributed by atoms with Crippen LogP contribution in [-0.4, -0.2) is 29.3 Å². The van der Waals surface area contributed by atoms with Gasteiger partial charge in [0.05, 0.1) is 0 Å². The van der Waals surface area contributed by atoms with Crippen molar-refractivity contribution < 1.29 is 18.4 Å². The Labute approximate surface area is 102 Å². The lowest BCUT2D eigenvalue weighted by atomic mass is 10.1. The smallest absolute Gasteiger partial charge is 0.254 e. The van der Waals surface area contributed by atoms with E-state index < -0.39 is 29.5 Å². The van der Waals surface area contributed by atoms with Crippen molar-refractivity contribution >= 4 is 11.8 Å². The summed E-state index contributed by atoms with van der Waals surface area (Å²) in [6.45, 7) is 0.394. The molecular formula is C12H12F2N2O2. The number of carbonyl (C=O) groups is 2. The van der Waals surface area contributed by atoms with Gasteiger partial charge in [0.25, 0.3) is 5.91 Å². The van der Waals surface area contributed by atoms with Gasteiger partial charge in [-0.25, -0.2) is 8.78 Å². The van der Waals surface area contributed by atoms with E-state index in [2.05, 4.69) is 0 Å². The van der Waals surface area contributed by atoms with Gasteiger partial charge in [0, 0.05) is 12.1 Å². The van der Waals surface area contributed by atoms with Crippen LogP contribution in [0.4, 0.5) is 8.78 Å². The molecule has 4 nitrogen and oxygen atoms in total. The van der Waals surface area contributed by atoms with Crippen molar-refractivity contribution in [3.63, 3.8) is 0 Å². The minimum absolute atomic E-state index is 0.0158. The van der Waals surface area contributed by atoms with Crippen LogP contribution < -0.4 is 5.73 Å². The summed E-state index contributed by atoms with van der Waals surface area (Å²) >= 11 is 0. The van der Waals surface area contributed by atoms with Crippen molar-refractivity contribution in [2.75, 3.05) is 6.54 Å². The third-order valence-electron chi connectivity index (χ3n) is 3.01. The lowest BCUT2D eigenvalue weighted by Gasteiger charge is -2.22. The Balaban J connectivity index is 2.25. The van der Waals surface area contributed by atoms with Crippen LogP contribution in [0.25, 0.3) is 0 Å². The molecule has 1 heterocycles. The molecule has 0 bridgehead atoms. The molecule has 1 fully saturated rings. The molecular weight excluding hydrogens is 242 g/mol. The predicted molar refractivity (Wildman–Crippen MR) is 59.6 cm³/mol. The summed E-state index contributed by atoms with van der Waals surface area (Å²) < 4.78 is 25.8. The van der Waals surface area contributed by atoms with Gasteiger partial charge in [-0.05, 0) is 31.0 Å². The summed E-state index contributed by atoms with van der Waals surface area (Å²) in [5, 5.41) is 0. The number of hydrogen-bond acceptors (Lipinski definition) is 2. The van der Waals surface area contributed by atoms with Gasteiger partial charge < -0.3 is 10.6 Å². The fourth-order valence-corrected chi connectivity index (χ4v) is 2.10. The Hall–Kier alpha value is -1.98. The Kier molecular flexibility index (Phi) is 3.27. The molecule has 18 heavy (non-hydrogen) atoms. The van der Waals surface area contributed by atoms with E-state index >= 15 is 0 Å². The topological polar surface area (TPSA) is 63.4 Å². The number of halogens is 2. The summed E-state index contributed by atoms with van der Waals surface area (Å²) in [7, 11) is 0. The van der Waals surface area contributed by atoms with E-state index in [1.165, 1.54) is 11.0 Å². The minimum atomic E-state index is -1.09. The van der Waals surface area contributed by atoms with Crippen molar-refractivity contribution in [2.45, 2.75) is 18.9 Å². The summed E-state index contributed by atoms with van der Waals surface area (Å²) in [5.41, 5.74) is 5.21. The van der Waals surface area contributed by atoms with Crippen molar-refractivity contribution in [1.29, 1.82) is 0 Å². The zero-order chi connectivity index (χ0) is 13.3. The molecule has 2 amide bonds. The number of rotatable bonds is 2. The van der Waals surface area contributed by atoms with Gasteiger partial charge in [-0.3, -0.25) is 9.59 Å². The maximum absolute atomic E-state index is 13.0. The molecule has 0 aromatic heterocycles. The van der Waals surface area contributed by atoms with Crippen molar-refractivity contribution in [3.05, 3.63) is 35.4 Å². The summed E-state index contributed by atoms with van der Waals surface area (Å²) in [4.78, 5) is 24.5. The van der Waals surface area contributed by atoms with Gasteiger partial charge in [-0.2, -0.15) is 0 Å². The SMILES string of the molecule is NC(=O)C1CCCN1C(=O)c1ccc(F)c(F)c1. The van der Waals surface area contributed by atoms with Crippen LogP contribution in [0.1, 0.15) is 23.2 Å². The monoisotopic (exact) mass is 254 g/mol. The summed E-state index contributed by atoms with van der Waals surface area (Å²) in [5.74, 6) is -3.19. The average molecular weight is 254 g/mol. The molecule has 1 aromatic rings. The molecule has 96 valence electrons. The fraction of sp³-hybridized carbons (Fsp3) is 0.333. The lowest BCUT2D eigenvalue weighted by Crippen LogP contribution is -2.43. The molecule has 1 saturated heterocycles. The van der Waals surface area contributed by atoms with Crippen LogP contribution in [0.2, 0.25) is 0 Å². The van der Waals surface area contributed by atoms with E-state index in [9.17, 15) is 18.4 Å². The average Bonchev–Trinajstić information content (AvgIpc) is 2.81. The van der Waals surface area contributed by atoms with Crippen LogP contribution in [0.3, 0.4) is 0 Å². The maximum Gasteiger partial charge on any atom is 0.254 e. The normalized spacial score (nSPS) is 19.0. The number of nitrogens with zero attached hydrogens (tertiary/aromatic N) is 1. The zero-order valence-corrected chi connectivity index (χ0v) is 9.53. The molecule has 2 rings (SSSR count). The molecule has 0 aliphatic carbocycles. The van der Waals surface area contributed by atoms with E-state index in [0.29, 0.717) is 19.4 Å². The van der Waals surface area contributed by atoms with E-state index in [0.717, 1.165) is 12.1 Å². The van der Waals surface area contributed by atoms with Gasteiger partial charge in [-0.15, -0.1) is 0 Å². The number of hydrogen-bond donors (Lipinski definition) is 1. The maximum atomic E-state index is 13.0. The molecule has 6 heteroatoms. The molecule has 0 spiro atoms. The summed E-state index contributed by atoms with van der Waals surface area (Å²) in [6.07, 6.45) is 1.17. The van der Waals surface area contributed by atoms with Crippen LogP contribution in [0.5, 0.6) is 0 Å². The molecule has 1 aliphatic rings. The van der Waals surface area contributed by atoms with Crippen molar-refractivity contribution in [2.24, 2.45) is 5.73 Å². The number of nitrogens with two attached hydrogens (primary N) is 1. The Morgan fingerprint density at radius 2 is 2.00 bits per heavy atom. The highest BCUT2D eigenvalue weighted by Crippen LogP contribution is 2.20. The third kappa shape index (κ3) is 2.18. The Morgan fingerprint density at radius 1 is 1.28 bits per heavy atom. The first kappa shape index (κ1) is 12.5.